The molecule has 3 aromatic rings. The lowest BCUT2D eigenvalue weighted by Gasteiger charge is -2.11. The average Bonchev–Trinajstić information content (AvgIpc) is 3.10. The molecule has 0 aliphatic carbocycles. The van der Waals surface area contributed by atoms with Crippen molar-refractivity contribution in [1.82, 2.24) is 0 Å². The molecule has 1 aliphatic heterocycles. The zero-order valence-corrected chi connectivity index (χ0v) is 18.9. The van der Waals surface area contributed by atoms with Crippen molar-refractivity contribution in [2.45, 2.75) is 4.90 Å². The summed E-state index contributed by atoms with van der Waals surface area (Å²) in [7, 11) is 1.56. The molecule has 0 fully saturated rings. The number of amides is 1. The average molecular weight is 469 g/mol. The van der Waals surface area contributed by atoms with E-state index in [9.17, 15) is 4.79 Å². The van der Waals surface area contributed by atoms with Gasteiger partial charge in [0.05, 0.1) is 29.1 Å². The van der Waals surface area contributed by atoms with Crippen LogP contribution >= 0.6 is 35.0 Å². The maximum absolute atomic E-state index is 13.3. The van der Waals surface area contributed by atoms with Crippen molar-refractivity contribution >= 4 is 58.3 Å². The van der Waals surface area contributed by atoms with Gasteiger partial charge in [0.25, 0.3) is 5.91 Å². The fourth-order valence-corrected chi connectivity index (χ4v) is 4.23. The van der Waals surface area contributed by atoms with Crippen LogP contribution in [0.25, 0.3) is 6.08 Å². The van der Waals surface area contributed by atoms with Crippen LogP contribution in [0.4, 0.5) is 5.69 Å². The molecule has 0 saturated heterocycles. The monoisotopic (exact) mass is 468 g/mol. The maximum Gasteiger partial charge on any atom is 0.280 e. The van der Waals surface area contributed by atoms with Crippen LogP contribution in [0, 0.1) is 0 Å². The molecule has 0 spiro atoms. The van der Waals surface area contributed by atoms with Gasteiger partial charge in [-0.2, -0.15) is 10.1 Å². The van der Waals surface area contributed by atoms with Gasteiger partial charge in [-0.3, -0.25) is 4.79 Å². The van der Waals surface area contributed by atoms with E-state index in [1.807, 2.05) is 66.7 Å². The van der Waals surface area contributed by atoms with E-state index in [-0.39, 0.29) is 5.91 Å². The summed E-state index contributed by atoms with van der Waals surface area (Å²) in [5, 5.41) is 7.28. The van der Waals surface area contributed by atoms with Gasteiger partial charge in [-0.25, -0.2) is 0 Å². The van der Waals surface area contributed by atoms with Crippen LogP contribution in [0.15, 0.2) is 88.4 Å². The summed E-state index contributed by atoms with van der Waals surface area (Å²) >= 11 is 13.7. The number of hydrogen-bond acceptors (Lipinski definition) is 4. The summed E-state index contributed by atoms with van der Waals surface area (Å²) < 4.78 is 5.31. The fourth-order valence-electron chi connectivity index (χ4n) is 3.07. The molecule has 156 valence electrons. The van der Waals surface area contributed by atoms with Crippen molar-refractivity contribution in [2.75, 3.05) is 17.9 Å². The van der Waals surface area contributed by atoms with Gasteiger partial charge < -0.3 is 4.74 Å². The van der Waals surface area contributed by atoms with E-state index in [4.69, 9.17) is 27.9 Å². The van der Waals surface area contributed by atoms with Crippen molar-refractivity contribution in [3.05, 3.63) is 94.0 Å². The second kappa shape index (κ2) is 9.60. The first kappa shape index (κ1) is 21.5. The van der Waals surface area contributed by atoms with E-state index >= 15 is 0 Å². The molecule has 0 unspecified atom stereocenters. The number of nitrogens with zero attached hydrogens (tertiary/aromatic N) is 2. The zero-order valence-electron chi connectivity index (χ0n) is 16.6. The molecule has 3 aromatic carbocycles. The van der Waals surface area contributed by atoms with E-state index < -0.39 is 0 Å². The molecule has 0 N–H and O–H groups in total. The number of hydrogen-bond donors (Lipinski definition) is 0. The predicted octanol–water partition coefficient (Wildman–Crippen LogP) is 6.58. The molecular formula is C24H18Cl2N2O2S. The van der Waals surface area contributed by atoms with Crippen LogP contribution in [0.1, 0.15) is 5.56 Å². The van der Waals surface area contributed by atoms with E-state index in [0.29, 0.717) is 32.8 Å². The molecule has 1 heterocycles. The van der Waals surface area contributed by atoms with Crippen molar-refractivity contribution in [3.63, 3.8) is 0 Å². The first-order valence-electron chi connectivity index (χ1n) is 9.46. The number of rotatable bonds is 6. The molecule has 0 saturated carbocycles. The van der Waals surface area contributed by atoms with Gasteiger partial charge in [-0.1, -0.05) is 47.5 Å². The summed E-state index contributed by atoms with van der Waals surface area (Å²) in [6, 6.07) is 22.4. The predicted molar refractivity (Wildman–Crippen MR) is 130 cm³/mol. The summed E-state index contributed by atoms with van der Waals surface area (Å²) in [5.41, 5.74) is 2.76. The first-order chi connectivity index (χ1) is 15.0. The van der Waals surface area contributed by atoms with E-state index in [1.165, 1.54) is 5.01 Å². The van der Waals surface area contributed by atoms with Gasteiger partial charge in [0.2, 0.25) is 0 Å². The molecule has 31 heavy (non-hydrogen) atoms. The maximum atomic E-state index is 13.3. The third-order valence-corrected chi connectivity index (χ3v) is 6.22. The number of anilines is 1. The molecule has 1 amide bonds. The molecule has 0 atom stereocenters. The smallest absolute Gasteiger partial charge is 0.280 e. The highest BCUT2D eigenvalue weighted by molar-refractivity contribution is 8.00. The fraction of sp³-hybridized carbons (Fsp3) is 0.0833. The molecule has 7 heteroatoms. The lowest BCUT2D eigenvalue weighted by atomic mass is 10.1. The van der Waals surface area contributed by atoms with Gasteiger partial charge in [0.15, 0.2) is 0 Å². The minimum Gasteiger partial charge on any atom is -0.495 e. The molecule has 4 rings (SSSR count). The lowest BCUT2D eigenvalue weighted by molar-refractivity contribution is -0.114. The molecule has 1 aliphatic rings. The Hall–Kier alpha value is -2.73. The number of hydrazone groups is 1. The molecule has 0 aromatic heterocycles. The van der Waals surface area contributed by atoms with Crippen LogP contribution in [0.2, 0.25) is 10.0 Å². The topological polar surface area (TPSA) is 41.9 Å². The van der Waals surface area contributed by atoms with Crippen molar-refractivity contribution in [3.8, 4) is 5.75 Å². The normalized spacial score (nSPS) is 14.8. The number of para-hydroxylation sites is 1. The highest BCUT2D eigenvalue weighted by atomic mass is 35.5. The summed E-state index contributed by atoms with van der Waals surface area (Å²) in [6.45, 7) is 0. The number of ether oxygens (including phenoxy) is 1. The van der Waals surface area contributed by atoms with Crippen LogP contribution in [-0.4, -0.2) is 24.5 Å². The first-order valence-corrected chi connectivity index (χ1v) is 11.2. The van der Waals surface area contributed by atoms with Gasteiger partial charge in [0, 0.05) is 15.7 Å². The number of thioether (sulfide) groups is 1. The Balaban J connectivity index is 1.67. The van der Waals surface area contributed by atoms with Crippen molar-refractivity contribution < 1.29 is 9.53 Å². The standard InChI is InChI=1S/C24H18Cl2N2O2S/c1-30-23-14-16(7-12-21(23)26)13-20-22(15-31-19-10-8-17(25)9-11-19)27-28(24(20)29)18-5-3-2-4-6-18/h2-14H,15H2,1H3/b20-13+. The molecular weight excluding hydrogens is 451 g/mol. The Morgan fingerprint density at radius 1 is 1.03 bits per heavy atom. The van der Waals surface area contributed by atoms with E-state index in [2.05, 4.69) is 5.10 Å². The third-order valence-electron chi connectivity index (χ3n) is 4.63. The Labute approximate surface area is 195 Å². The largest absolute Gasteiger partial charge is 0.495 e. The van der Waals surface area contributed by atoms with Gasteiger partial charge in [-0.05, 0) is 60.2 Å². The SMILES string of the molecule is COc1cc(/C=C2/C(=O)N(c3ccccc3)N=C2CSc2ccc(Cl)cc2)ccc1Cl. The van der Waals surface area contributed by atoms with Crippen LogP contribution in [0.5, 0.6) is 5.75 Å². The van der Waals surface area contributed by atoms with Crippen molar-refractivity contribution in [2.24, 2.45) is 5.10 Å². The summed E-state index contributed by atoms with van der Waals surface area (Å²) in [4.78, 5) is 14.3. The Morgan fingerprint density at radius 2 is 1.77 bits per heavy atom. The van der Waals surface area contributed by atoms with Gasteiger partial charge >= 0.3 is 0 Å². The minimum absolute atomic E-state index is 0.174. The van der Waals surface area contributed by atoms with Crippen LogP contribution < -0.4 is 9.75 Å². The Bertz CT molecular complexity index is 1160. The highest BCUT2D eigenvalue weighted by Gasteiger charge is 2.31. The summed E-state index contributed by atoms with van der Waals surface area (Å²) in [5.74, 6) is 0.912. The molecule has 4 nitrogen and oxygen atoms in total. The molecule has 0 radical (unpaired) electrons. The second-order valence-electron chi connectivity index (χ2n) is 6.69. The van der Waals surface area contributed by atoms with E-state index in [0.717, 1.165) is 16.1 Å². The van der Waals surface area contributed by atoms with Crippen LogP contribution in [-0.2, 0) is 4.79 Å². The van der Waals surface area contributed by atoms with Gasteiger partial charge in [0.1, 0.15) is 5.75 Å². The van der Waals surface area contributed by atoms with Crippen molar-refractivity contribution in [1.29, 1.82) is 0 Å². The Kier molecular flexibility index (Phi) is 6.66. The third kappa shape index (κ3) is 4.96. The number of carbonyl (C=O) groups excluding carboxylic acids is 1. The zero-order chi connectivity index (χ0) is 21.8. The number of halogens is 2. The number of carbonyl (C=O) groups is 1. The highest BCUT2D eigenvalue weighted by Crippen LogP contribution is 2.31. The number of benzene rings is 3. The second-order valence-corrected chi connectivity index (χ2v) is 8.59. The summed E-state index contributed by atoms with van der Waals surface area (Å²) in [6.07, 6.45) is 1.82. The number of methoxy groups -OCH3 is 1. The minimum atomic E-state index is -0.174. The lowest BCUT2D eigenvalue weighted by Crippen LogP contribution is -2.21. The van der Waals surface area contributed by atoms with E-state index in [1.54, 1.807) is 31.0 Å². The molecule has 0 bridgehead atoms. The van der Waals surface area contributed by atoms with Gasteiger partial charge in [-0.15, -0.1) is 11.8 Å². The van der Waals surface area contributed by atoms with Crippen LogP contribution in [0.3, 0.4) is 0 Å². The Morgan fingerprint density at radius 3 is 2.48 bits per heavy atom. The quantitative estimate of drug-likeness (QED) is 0.303.